The number of carbonyl (C=O) groups excluding carboxylic acids is 1. The van der Waals surface area contributed by atoms with Crippen molar-refractivity contribution in [1.82, 2.24) is 4.90 Å². The van der Waals surface area contributed by atoms with Gasteiger partial charge in [-0.1, -0.05) is 31.2 Å². The fraction of sp³-hybridized carbons (Fsp3) is 0.500. The molecule has 0 aromatic heterocycles. The zero-order valence-electron chi connectivity index (χ0n) is 11.3. The summed E-state index contributed by atoms with van der Waals surface area (Å²) in [6.45, 7) is 7.33. The number of carbonyl (C=O) groups is 1. The molecule has 0 unspecified atom stereocenters. The fourth-order valence-electron chi connectivity index (χ4n) is 1.75. The van der Waals surface area contributed by atoms with E-state index in [2.05, 4.69) is 19.1 Å². The third kappa shape index (κ3) is 4.31. The van der Waals surface area contributed by atoms with Gasteiger partial charge in [-0.3, -0.25) is 4.79 Å². The average molecular weight is 271 g/mol. The molecule has 1 atom stereocenters. The van der Waals surface area contributed by atoms with Crippen molar-refractivity contribution in [2.45, 2.75) is 39.8 Å². The SMILES string of the molecule is CC[C@H](N)C(=O)N(CC)Cc1ccccc1C.Cl. The van der Waals surface area contributed by atoms with Crippen LogP contribution in [0.5, 0.6) is 0 Å². The monoisotopic (exact) mass is 270 g/mol. The number of benzene rings is 1. The van der Waals surface area contributed by atoms with Crippen LogP contribution in [-0.4, -0.2) is 23.4 Å². The second-order valence-corrected chi connectivity index (χ2v) is 4.29. The lowest BCUT2D eigenvalue weighted by molar-refractivity contribution is -0.133. The minimum absolute atomic E-state index is 0. The van der Waals surface area contributed by atoms with Gasteiger partial charge in [0.2, 0.25) is 5.91 Å². The van der Waals surface area contributed by atoms with Crippen LogP contribution in [0.1, 0.15) is 31.4 Å². The van der Waals surface area contributed by atoms with Gasteiger partial charge in [-0.05, 0) is 31.4 Å². The summed E-state index contributed by atoms with van der Waals surface area (Å²) in [5, 5.41) is 0. The summed E-state index contributed by atoms with van der Waals surface area (Å²) in [6, 6.07) is 7.75. The zero-order chi connectivity index (χ0) is 12.8. The van der Waals surface area contributed by atoms with E-state index >= 15 is 0 Å². The quantitative estimate of drug-likeness (QED) is 0.894. The summed E-state index contributed by atoms with van der Waals surface area (Å²) in [5.74, 6) is 0.0400. The number of nitrogens with two attached hydrogens (primary N) is 1. The second-order valence-electron chi connectivity index (χ2n) is 4.29. The van der Waals surface area contributed by atoms with Gasteiger partial charge in [-0.2, -0.15) is 0 Å². The van der Waals surface area contributed by atoms with E-state index < -0.39 is 0 Å². The van der Waals surface area contributed by atoms with E-state index in [0.29, 0.717) is 19.5 Å². The van der Waals surface area contributed by atoms with Crippen molar-refractivity contribution in [1.29, 1.82) is 0 Å². The number of amides is 1. The van der Waals surface area contributed by atoms with Crippen LogP contribution >= 0.6 is 12.4 Å². The summed E-state index contributed by atoms with van der Waals surface area (Å²) < 4.78 is 0. The van der Waals surface area contributed by atoms with Crippen LogP contribution in [0.3, 0.4) is 0 Å². The maximum atomic E-state index is 12.0. The highest BCUT2D eigenvalue weighted by Gasteiger charge is 2.18. The number of halogens is 1. The Morgan fingerprint density at radius 1 is 1.33 bits per heavy atom. The van der Waals surface area contributed by atoms with E-state index in [4.69, 9.17) is 5.73 Å². The molecule has 0 heterocycles. The summed E-state index contributed by atoms with van der Waals surface area (Å²) >= 11 is 0. The second kappa shape index (κ2) is 8.11. The first kappa shape index (κ1) is 16.9. The molecular formula is C14H23ClN2O. The lowest BCUT2D eigenvalue weighted by Crippen LogP contribution is -2.43. The molecule has 1 amide bonds. The van der Waals surface area contributed by atoms with E-state index in [1.807, 2.05) is 30.9 Å². The first-order valence-corrected chi connectivity index (χ1v) is 6.19. The molecule has 0 fully saturated rings. The predicted molar refractivity (Wildman–Crippen MR) is 77.8 cm³/mol. The highest BCUT2D eigenvalue weighted by molar-refractivity contribution is 5.85. The van der Waals surface area contributed by atoms with Crippen molar-refractivity contribution < 1.29 is 4.79 Å². The van der Waals surface area contributed by atoms with Crippen LogP contribution in [0.2, 0.25) is 0 Å². The fourth-order valence-corrected chi connectivity index (χ4v) is 1.75. The van der Waals surface area contributed by atoms with Crippen molar-refractivity contribution in [2.75, 3.05) is 6.54 Å². The van der Waals surface area contributed by atoms with Gasteiger partial charge >= 0.3 is 0 Å². The van der Waals surface area contributed by atoms with Crippen molar-refractivity contribution in [3.05, 3.63) is 35.4 Å². The summed E-state index contributed by atoms with van der Waals surface area (Å²) in [5.41, 5.74) is 8.19. The first-order valence-electron chi connectivity index (χ1n) is 6.19. The van der Waals surface area contributed by atoms with Crippen LogP contribution in [0.4, 0.5) is 0 Å². The topological polar surface area (TPSA) is 46.3 Å². The lowest BCUT2D eigenvalue weighted by atomic mass is 10.1. The first-order chi connectivity index (χ1) is 8.10. The Hall–Kier alpha value is -1.06. The molecule has 0 aliphatic rings. The Balaban J connectivity index is 0.00000289. The molecule has 0 spiro atoms. The minimum Gasteiger partial charge on any atom is -0.337 e. The Morgan fingerprint density at radius 2 is 1.94 bits per heavy atom. The number of rotatable bonds is 5. The number of aryl methyl sites for hydroxylation is 1. The van der Waals surface area contributed by atoms with Gasteiger partial charge in [0.25, 0.3) is 0 Å². The predicted octanol–water partition coefficient (Wildman–Crippen LogP) is 2.50. The van der Waals surface area contributed by atoms with Crippen molar-refractivity contribution in [2.24, 2.45) is 5.73 Å². The molecule has 0 bridgehead atoms. The van der Waals surface area contributed by atoms with Gasteiger partial charge in [0.05, 0.1) is 6.04 Å². The smallest absolute Gasteiger partial charge is 0.239 e. The van der Waals surface area contributed by atoms with Crippen LogP contribution < -0.4 is 5.73 Å². The summed E-state index contributed by atoms with van der Waals surface area (Å²) in [4.78, 5) is 13.8. The van der Waals surface area contributed by atoms with Gasteiger partial charge in [0, 0.05) is 13.1 Å². The average Bonchev–Trinajstić information content (AvgIpc) is 2.36. The highest BCUT2D eigenvalue weighted by atomic mass is 35.5. The Labute approximate surface area is 116 Å². The van der Waals surface area contributed by atoms with Crippen molar-refractivity contribution in [3.63, 3.8) is 0 Å². The van der Waals surface area contributed by atoms with Gasteiger partial charge in [-0.15, -0.1) is 12.4 Å². The van der Waals surface area contributed by atoms with Crippen LogP contribution in [0, 0.1) is 6.92 Å². The molecule has 0 saturated carbocycles. The molecule has 4 heteroatoms. The van der Waals surface area contributed by atoms with Crippen molar-refractivity contribution >= 4 is 18.3 Å². The molecule has 1 aromatic rings. The number of likely N-dealkylation sites (N-methyl/N-ethyl adjacent to an activating group) is 1. The van der Waals surface area contributed by atoms with Gasteiger partial charge in [0.1, 0.15) is 0 Å². The number of hydrogen-bond donors (Lipinski definition) is 1. The normalized spacial score (nSPS) is 11.6. The van der Waals surface area contributed by atoms with Crippen molar-refractivity contribution in [3.8, 4) is 0 Å². The molecule has 0 radical (unpaired) electrons. The molecule has 0 saturated heterocycles. The molecular weight excluding hydrogens is 248 g/mol. The Kier molecular flexibility index (Phi) is 7.64. The minimum atomic E-state index is -0.376. The maximum Gasteiger partial charge on any atom is 0.239 e. The molecule has 1 rings (SSSR count). The molecule has 0 aliphatic carbocycles. The Morgan fingerprint density at radius 3 is 2.44 bits per heavy atom. The van der Waals surface area contributed by atoms with E-state index in [0.717, 1.165) is 0 Å². The standard InChI is InChI=1S/C14H22N2O.ClH/c1-4-13(15)14(17)16(5-2)10-12-9-7-6-8-11(12)3;/h6-9,13H,4-5,10,15H2,1-3H3;1H/t13-;/m0./s1. The lowest BCUT2D eigenvalue weighted by Gasteiger charge is -2.24. The molecule has 1 aromatic carbocycles. The Bertz CT molecular complexity index is 382. The largest absolute Gasteiger partial charge is 0.337 e. The van der Waals surface area contributed by atoms with Gasteiger partial charge < -0.3 is 10.6 Å². The van der Waals surface area contributed by atoms with E-state index in [-0.39, 0.29) is 24.4 Å². The van der Waals surface area contributed by atoms with Crippen LogP contribution in [-0.2, 0) is 11.3 Å². The third-order valence-electron chi connectivity index (χ3n) is 3.07. The van der Waals surface area contributed by atoms with E-state index in [9.17, 15) is 4.79 Å². The van der Waals surface area contributed by atoms with Gasteiger partial charge in [-0.25, -0.2) is 0 Å². The van der Waals surface area contributed by atoms with E-state index in [1.165, 1.54) is 11.1 Å². The molecule has 102 valence electrons. The maximum absolute atomic E-state index is 12.0. The zero-order valence-corrected chi connectivity index (χ0v) is 12.2. The highest BCUT2D eigenvalue weighted by Crippen LogP contribution is 2.11. The van der Waals surface area contributed by atoms with E-state index in [1.54, 1.807) is 0 Å². The molecule has 18 heavy (non-hydrogen) atoms. The summed E-state index contributed by atoms with van der Waals surface area (Å²) in [6.07, 6.45) is 0.684. The molecule has 0 aliphatic heterocycles. The third-order valence-corrected chi connectivity index (χ3v) is 3.07. The molecule has 3 nitrogen and oxygen atoms in total. The molecule has 2 N–H and O–H groups in total. The number of hydrogen-bond acceptors (Lipinski definition) is 2. The van der Waals surface area contributed by atoms with Crippen LogP contribution in [0.25, 0.3) is 0 Å². The number of nitrogens with zero attached hydrogens (tertiary/aromatic N) is 1. The van der Waals surface area contributed by atoms with Gasteiger partial charge in [0.15, 0.2) is 0 Å². The summed E-state index contributed by atoms with van der Waals surface area (Å²) in [7, 11) is 0. The van der Waals surface area contributed by atoms with Crippen LogP contribution in [0.15, 0.2) is 24.3 Å².